The third-order valence-electron chi connectivity index (χ3n) is 5.25. The van der Waals surface area contributed by atoms with Crippen molar-refractivity contribution in [2.24, 2.45) is 0 Å². The molecule has 0 aliphatic rings. The molecule has 33 heavy (non-hydrogen) atoms. The molecule has 0 saturated carbocycles. The van der Waals surface area contributed by atoms with Crippen molar-refractivity contribution in [3.05, 3.63) is 94.4 Å². The molecule has 6 nitrogen and oxygen atoms in total. The van der Waals surface area contributed by atoms with E-state index in [1.165, 1.54) is 23.1 Å². The number of carbonyl (C=O) groups is 1. The lowest BCUT2D eigenvalue weighted by Gasteiger charge is -2.13. The summed E-state index contributed by atoms with van der Waals surface area (Å²) >= 11 is 2.62. The first-order valence-electron chi connectivity index (χ1n) is 10.4. The summed E-state index contributed by atoms with van der Waals surface area (Å²) in [6.45, 7) is 2.33. The van der Waals surface area contributed by atoms with Crippen LogP contribution in [0.2, 0.25) is 0 Å². The van der Waals surface area contributed by atoms with Crippen LogP contribution in [0.15, 0.2) is 82.9 Å². The molecule has 8 heteroatoms. The van der Waals surface area contributed by atoms with Gasteiger partial charge >= 0.3 is 0 Å². The second kappa shape index (κ2) is 9.17. The number of rotatable bonds is 6. The lowest BCUT2D eigenvalue weighted by atomic mass is 10.2. The lowest BCUT2D eigenvalue weighted by molar-refractivity contribution is -0.113. The van der Waals surface area contributed by atoms with E-state index < -0.39 is 0 Å². The third kappa shape index (κ3) is 4.40. The molecule has 0 unspecified atom stereocenters. The summed E-state index contributed by atoms with van der Waals surface area (Å²) in [5.41, 5.74) is 3.29. The largest absolute Gasteiger partial charge is 0.325 e. The maximum atomic E-state index is 13.5. The molecule has 0 aliphatic carbocycles. The summed E-state index contributed by atoms with van der Waals surface area (Å²) in [5, 5.41) is 4.31. The van der Waals surface area contributed by atoms with Crippen LogP contribution in [-0.4, -0.2) is 26.2 Å². The first-order valence-corrected chi connectivity index (χ1v) is 12.2. The van der Waals surface area contributed by atoms with Crippen molar-refractivity contribution in [3.63, 3.8) is 0 Å². The van der Waals surface area contributed by atoms with Crippen molar-refractivity contribution in [3.8, 4) is 0 Å². The number of fused-ring (bicyclic) bond motifs is 3. The molecule has 3 heterocycles. The van der Waals surface area contributed by atoms with E-state index in [0.717, 1.165) is 27.0 Å². The average molecular weight is 473 g/mol. The number of amides is 1. The number of thioether (sulfide) groups is 1. The van der Waals surface area contributed by atoms with Gasteiger partial charge in [-0.1, -0.05) is 60.3 Å². The van der Waals surface area contributed by atoms with Gasteiger partial charge in [0.25, 0.3) is 5.56 Å². The molecule has 0 bridgehead atoms. The van der Waals surface area contributed by atoms with Crippen molar-refractivity contribution < 1.29 is 4.79 Å². The number of pyridine rings is 1. The number of carbonyl (C=O) groups excluding carboxylic acids is 1. The molecule has 1 N–H and O–H groups in total. The fourth-order valence-corrected chi connectivity index (χ4v) is 5.41. The molecule has 0 spiro atoms. The van der Waals surface area contributed by atoms with E-state index in [4.69, 9.17) is 4.98 Å². The number of nitrogens with one attached hydrogen (secondary N) is 1. The molecule has 164 valence electrons. The summed E-state index contributed by atoms with van der Waals surface area (Å²) in [7, 11) is 0. The average Bonchev–Trinajstić information content (AvgIpc) is 3.21. The van der Waals surface area contributed by atoms with E-state index in [-0.39, 0.29) is 17.2 Å². The second-order valence-electron chi connectivity index (χ2n) is 7.56. The highest BCUT2D eigenvalue weighted by molar-refractivity contribution is 7.99. The van der Waals surface area contributed by atoms with Gasteiger partial charge in [0.05, 0.1) is 17.8 Å². The highest BCUT2D eigenvalue weighted by Gasteiger charge is 2.18. The summed E-state index contributed by atoms with van der Waals surface area (Å²) in [6.07, 6.45) is 1.71. The Morgan fingerprint density at radius 1 is 1.06 bits per heavy atom. The van der Waals surface area contributed by atoms with Crippen LogP contribution in [0.5, 0.6) is 0 Å². The molecule has 0 atom stereocenters. The fraction of sp³-hybridized carbons (Fsp3) is 0.120. The molecule has 0 saturated heterocycles. The molecule has 2 aromatic carbocycles. The molecular weight excluding hydrogens is 452 g/mol. The zero-order valence-corrected chi connectivity index (χ0v) is 19.5. The van der Waals surface area contributed by atoms with Gasteiger partial charge in [0.2, 0.25) is 5.91 Å². The van der Waals surface area contributed by atoms with Gasteiger partial charge in [-0.2, -0.15) is 0 Å². The van der Waals surface area contributed by atoms with Crippen LogP contribution in [0.25, 0.3) is 20.4 Å². The molecule has 0 fully saturated rings. The van der Waals surface area contributed by atoms with Crippen molar-refractivity contribution >= 4 is 55.1 Å². The van der Waals surface area contributed by atoms with E-state index >= 15 is 0 Å². The number of aromatic nitrogens is 3. The lowest BCUT2D eigenvalue weighted by Crippen LogP contribution is -2.24. The van der Waals surface area contributed by atoms with E-state index in [2.05, 4.69) is 10.3 Å². The van der Waals surface area contributed by atoms with E-state index in [1.807, 2.05) is 73.7 Å². The van der Waals surface area contributed by atoms with E-state index in [9.17, 15) is 9.59 Å². The smallest absolute Gasteiger partial charge is 0.272 e. The van der Waals surface area contributed by atoms with Gasteiger partial charge in [-0.25, -0.2) is 9.97 Å². The Hall–Kier alpha value is -3.49. The Kier molecular flexibility index (Phi) is 5.93. The van der Waals surface area contributed by atoms with Crippen LogP contribution in [-0.2, 0) is 11.3 Å². The summed E-state index contributed by atoms with van der Waals surface area (Å²) in [4.78, 5) is 36.2. The minimum atomic E-state index is -0.147. The van der Waals surface area contributed by atoms with Gasteiger partial charge in [0.1, 0.15) is 9.53 Å². The maximum Gasteiger partial charge on any atom is 0.272 e. The normalized spacial score (nSPS) is 11.2. The summed E-state index contributed by atoms with van der Waals surface area (Å²) in [5.74, 6) is -0.00626. The quantitative estimate of drug-likeness (QED) is 0.275. The second-order valence-corrected chi connectivity index (χ2v) is 9.50. The Bertz CT molecular complexity index is 1530. The molecule has 5 rings (SSSR count). The van der Waals surface area contributed by atoms with E-state index in [0.29, 0.717) is 21.9 Å². The third-order valence-corrected chi connectivity index (χ3v) is 7.32. The standard InChI is InChI=1S/C25H20N4O2S2/c1-16-8-5-6-12-19(16)27-20(30)15-32-25-28-21-18-11-7-13-26-23(18)33-22(21)24(31)29(25)14-17-9-3-2-4-10-17/h2-13H,14-15H2,1H3,(H,27,30). The monoisotopic (exact) mass is 472 g/mol. The summed E-state index contributed by atoms with van der Waals surface area (Å²) < 4.78 is 2.23. The number of hydrogen-bond donors (Lipinski definition) is 1. The first-order chi connectivity index (χ1) is 16.1. The highest BCUT2D eigenvalue weighted by Crippen LogP contribution is 2.30. The zero-order chi connectivity index (χ0) is 22.8. The van der Waals surface area contributed by atoms with Crippen molar-refractivity contribution in [1.82, 2.24) is 14.5 Å². The number of thiophene rings is 1. The van der Waals surface area contributed by atoms with Gasteiger partial charge in [-0.15, -0.1) is 11.3 Å². The predicted molar refractivity (Wildman–Crippen MR) is 135 cm³/mol. The number of aryl methyl sites for hydroxylation is 1. The number of nitrogens with zero attached hydrogens (tertiary/aromatic N) is 3. The number of benzene rings is 2. The molecular formula is C25H20N4O2S2. The van der Waals surface area contributed by atoms with Crippen molar-refractivity contribution in [2.75, 3.05) is 11.1 Å². The SMILES string of the molecule is Cc1ccccc1NC(=O)CSc1nc2c(sc3ncccc32)c(=O)n1Cc1ccccc1. The minimum absolute atomic E-state index is 0.117. The van der Waals surface area contributed by atoms with Crippen LogP contribution in [0.1, 0.15) is 11.1 Å². The molecule has 3 aromatic heterocycles. The minimum Gasteiger partial charge on any atom is -0.325 e. The van der Waals surface area contributed by atoms with Crippen LogP contribution >= 0.6 is 23.1 Å². The Morgan fingerprint density at radius 3 is 2.67 bits per heavy atom. The van der Waals surface area contributed by atoms with Gasteiger partial charge in [0.15, 0.2) is 5.16 Å². The maximum absolute atomic E-state index is 13.5. The first kappa shape index (κ1) is 21.4. The summed E-state index contributed by atoms with van der Waals surface area (Å²) in [6, 6.07) is 21.2. The predicted octanol–water partition coefficient (Wildman–Crippen LogP) is 5.09. The van der Waals surface area contributed by atoms with Gasteiger partial charge in [0, 0.05) is 17.3 Å². The van der Waals surface area contributed by atoms with Crippen LogP contribution in [0, 0.1) is 6.92 Å². The molecule has 1 amide bonds. The van der Waals surface area contributed by atoms with Crippen molar-refractivity contribution in [1.29, 1.82) is 0 Å². The van der Waals surface area contributed by atoms with E-state index in [1.54, 1.807) is 10.8 Å². The highest BCUT2D eigenvalue weighted by atomic mass is 32.2. The van der Waals surface area contributed by atoms with Gasteiger partial charge < -0.3 is 5.32 Å². The van der Waals surface area contributed by atoms with Gasteiger partial charge in [-0.05, 0) is 36.2 Å². The topological polar surface area (TPSA) is 76.9 Å². The van der Waals surface area contributed by atoms with Gasteiger partial charge in [-0.3, -0.25) is 14.2 Å². The molecule has 0 aliphatic heterocycles. The van der Waals surface area contributed by atoms with Crippen LogP contribution in [0.3, 0.4) is 0 Å². The number of para-hydroxylation sites is 1. The van der Waals surface area contributed by atoms with Crippen molar-refractivity contribution in [2.45, 2.75) is 18.6 Å². The Morgan fingerprint density at radius 2 is 1.85 bits per heavy atom. The van der Waals surface area contributed by atoms with Crippen LogP contribution in [0.4, 0.5) is 5.69 Å². The number of anilines is 1. The fourth-order valence-electron chi connectivity index (χ4n) is 3.59. The zero-order valence-electron chi connectivity index (χ0n) is 17.8. The Labute approximate surface area is 198 Å². The molecule has 0 radical (unpaired) electrons. The Balaban J connectivity index is 1.51. The van der Waals surface area contributed by atoms with Crippen LogP contribution < -0.4 is 10.9 Å². The molecule has 5 aromatic rings. The number of hydrogen-bond acceptors (Lipinski definition) is 6.